The number of aromatic nitrogens is 2. The van der Waals surface area contributed by atoms with Crippen LogP contribution >= 0.6 is 0 Å². The van der Waals surface area contributed by atoms with Crippen molar-refractivity contribution in [2.45, 2.75) is 52.3 Å². The highest BCUT2D eigenvalue weighted by Crippen LogP contribution is 2.36. The van der Waals surface area contributed by atoms with E-state index in [-0.39, 0.29) is 11.9 Å². The Hall–Kier alpha value is -1.40. The van der Waals surface area contributed by atoms with Crippen molar-refractivity contribution in [1.29, 1.82) is 0 Å². The molecule has 4 atom stereocenters. The quantitative estimate of drug-likeness (QED) is 0.857. The smallest absolute Gasteiger partial charge is 0.217 e. The first kappa shape index (κ1) is 16.5. The van der Waals surface area contributed by atoms with Crippen molar-refractivity contribution in [1.82, 2.24) is 20.0 Å². The van der Waals surface area contributed by atoms with E-state index in [1.807, 2.05) is 6.92 Å². The third-order valence-electron chi connectivity index (χ3n) is 5.34. The summed E-state index contributed by atoms with van der Waals surface area (Å²) in [5.41, 5.74) is 2.28. The van der Waals surface area contributed by atoms with Gasteiger partial charge in [-0.25, -0.2) is 0 Å². The van der Waals surface area contributed by atoms with Gasteiger partial charge in [0.2, 0.25) is 5.91 Å². The van der Waals surface area contributed by atoms with E-state index in [9.17, 15) is 9.90 Å². The molecule has 0 aromatic carbocycles. The number of aryl methyl sites for hydroxylation is 2. The first-order valence-corrected chi connectivity index (χ1v) is 8.61. The Kier molecular flexibility index (Phi) is 4.73. The number of aliphatic hydroxyl groups is 1. The summed E-state index contributed by atoms with van der Waals surface area (Å²) in [5.74, 6) is 1.08. The highest BCUT2D eigenvalue weighted by atomic mass is 16.3. The molecule has 0 spiro atoms. The van der Waals surface area contributed by atoms with Gasteiger partial charge in [0.25, 0.3) is 0 Å². The maximum atomic E-state index is 11.3. The van der Waals surface area contributed by atoms with Crippen LogP contribution in [-0.2, 0) is 11.3 Å². The fourth-order valence-corrected chi connectivity index (χ4v) is 4.26. The number of aliphatic hydroxyl groups excluding tert-OH is 1. The first-order valence-electron chi connectivity index (χ1n) is 8.61. The molecule has 6 nitrogen and oxygen atoms in total. The van der Waals surface area contributed by atoms with E-state index in [0.29, 0.717) is 11.8 Å². The zero-order valence-electron chi connectivity index (χ0n) is 14.3. The van der Waals surface area contributed by atoms with Crippen LogP contribution in [0.25, 0.3) is 0 Å². The van der Waals surface area contributed by atoms with Crippen LogP contribution < -0.4 is 5.32 Å². The van der Waals surface area contributed by atoms with Gasteiger partial charge < -0.3 is 15.3 Å². The molecule has 0 radical (unpaired) electrons. The Bertz CT molecular complexity index is 571. The largest absolute Gasteiger partial charge is 0.391 e. The normalized spacial score (nSPS) is 31.1. The Morgan fingerprint density at radius 2 is 2.00 bits per heavy atom. The summed E-state index contributed by atoms with van der Waals surface area (Å²) >= 11 is 0. The lowest BCUT2D eigenvalue weighted by Gasteiger charge is -2.35. The number of hydrogen-bond acceptors (Lipinski definition) is 4. The summed E-state index contributed by atoms with van der Waals surface area (Å²) in [6.45, 7) is 9.66. The van der Waals surface area contributed by atoms with Crippen molar-refractivity contribution in [3.63, 3.8) is 0 Å². The molecule has 2 fully saturated rings. The van der Waals surface area contributed by atoms with Crippen LogP contribution in [-0.4, -0.2) is 57.5 Å². The molecule has 0 unspecified atom stereocenters. The summed E-state index contributed by atoms with van der Waals surface area (Å²) in [6.07, 6.45) is 1.28. The van der Waals surface area contributed by atoms with Gasteiger partial charge in [-0.2, -0.15) is 5.10 Å². The van der Waals surface area contributed by atoms with Crippen molar-refractivity contribution < 1.29 is 9.90 Å². The third kappa shape index (κ3) is 3.75. The van der Waals surface area contributed by atoms with Gasteiger partial charge in [-0.3, -0.25) is 9.48 Å². The van der Waals surface area contributed by atoms with Gasteiger partial charge in [-0.15, -0.1) is 0 Å². The van der Waals surface area contributed by atoms with Gasteiger partial charge in [-0.05, 0) is 44.6 Å². The molecule has 2 N–H and O–H groups in total. The van der Waals surface area contributed by atoms with Crippen molar-refractivity contribution >= 4 is 5.91 Å². The average molecular weight is 320 g/mol. The van der Waals surface area contributed by atoms with E-state index in [1.165, 1.54) is 12.6 Å². The second-order valence-corrected chi connectivity index (χ2v) is 7.28. The molecule has 1 aromatic heterocycles. The molecule has 23 heavy (non-hydrogen) atoms. The molecule has 1 aromatic rings. The van der Waals surface area contributed by atoms with Crippen LogP contribution in [0.5, 0.6) is 0 Å². The molecule has 3 rings (SSSR count). The van der Waals surface area contributed by atoms with E-state index >= 15 is 0 Å². The van der Waals surface area contributed by atoms with E-state index < -0.39 is 6.10 Å². The van der Waals surface area contributed by atoms with E-state index in [4.69, 9.17) is 0 Å². The number of rotatable bonds is 4. The first-order chi connectivity index (χ1) is 10.9. The molecular formula is C17H28N4O2. The summed E-state index contributed by atoms with van der Waals surface area (Å²) in [5, 5.41) is 17.7. The lowest BCUT2D eigenvalue weighted by Crippen LogP contribution is -2.48. The number of carbonyl (C=O) groups is 1. The van der Waals surface area contributed by atoms with Crippen molar-refractivity contribution in [3.05, 3.63) is 17.5 Å². The van der Waals surface area contributed by atoms with Crippen LogP contribution in [0.1, 0.15) is 31.2 Å². The third-order valence-corrected chi connectivity index (χ3v) is 5.34. The minimum absolute atomic E-state index is 0.0492. The summed E-state index contributed by atoms with van der Waals surface area (Å²) < 4.78 is 2.08. The summed E-state index contributed by atoms with van der Waals surface area (Å²) in [6, 6.07) is 2.03. The lowest BCUT2D eigenvalue weighted by atomic mass is 9.77. The van der Waals surface area contributed by atoms with Gasteiger partial charge in [0, 0.05) is 32.3 Å². The van der Waals surface area contributed by atoms with Crippen molar-refractivity contribution in [3.8, 4) is 0 Å². The minimum atomic E-state index is -0.406. The van der Waals surface area contributed by atoms with Gasteiger partial charge in [0.15, 0.2) is 0 Å². The fraction of sp³-hybridized carbons (Fsp3) is 0.765. The van der Waals surface area contributed by atoms with E-state index in [0.717, 1.165) is 44.7 Å². The van der Waals surface area contributed by atoms with E-state index in [2.05, 4.69) is 33.0 Å². The number of fused-ring (bicyclic) bond motifs is 1. The molecule has 1 saturated carbocycles. The average Bonchev–Trinajstić information content (AvgIpc) is 2.98. The zero-order chi connectivity index (χ0) is 16.6. The second kappa shape index (κ2) is 6.61. The molecule has 1 aliphatic carbocycles. The van der Waals surface area contributed by atoms with Gasteiger partial charge >= 0.3 is 0 Å². The van der Waals surface area contributed by atoms with Crippen LogP contribution in [0.2, 0.25) is 0 Å². The summed E-state index contributed by atoms with van der Waals surface area (Å²) in [4.78, 5) is 13.7. The monoisotopic (exact) mass is 320 g/mol. The lowest BCUT2D eigenvalue weighted by molar-refractivity contribution is -0.121. The Balaban J connectivity index is 1.54. The van der Waals surface area contributed by atoms with Crippen molar-refractivity contribution in [2.75, 3.05) is 19.6 Å². The zero-order valence-corrected chi connectivity index (χ0v) is 14.3. The topological polar surface area (TPSA) is 70.4 Å². The molecule has 1 aliphatic heterocycles. The second-order valence-electron chi connectivity index (χ2n) is 7.28. The molecule has 6 heteroatoms. The predicted molar refractivity (Wildman–Crippen MR) is 88.0 cm³/mol. The standard InChI is InChI=1S/C17H28N4O2/c1-11-6-12(2)21(19-11)5-4-20-9-14-7-16(18-13(3)22)17(23)8-15(14)10-20/h6,14-17,23H,4-5,7-10H2,1-3H3,(H,18,22)/t14-,15+,16-,17-/m1/s1. The fourth-order valence-electron chi connectivity index (χ4n) is 4.26. The highest BCUT2D eigenvalue weighted by Gasteiger charge is 2.41. The number of amides is 1. The highest BCUT2D eigenvalue weighted by molar-refractivity contribution is 5.73. The molecule has 2 heterocycles. The number of likely N-dealkylation sites (tertiary alicyclic amines) is 1. The minimum Gasteiger partial charge on any atom is -0.391 e. The van der Waals surface area contributed by atoms with Crippen molar-refractivity contribution in [2.24, 2.45) is 11.8 Å². The number of nitrogens with zero attached hydrogens (tertiary/aromatic N) is 3. The van der Waals surface area contributed by atoms with Gasteiger partial charge in [-0.1, -0.05) is 0 Å². The number of carbonyl (C=O) groups excluding carboxylic acids is 1. The van der Waals surface area contributed by atoms with Crippen LogP contribution in [0.3, 0.4) is 0 Å². The molecule has 0 bridgehead atoms. The summed E-state index contributed by atoms with van der Waals surface area (Å²) in [7, 11) is 0. The molecule has 1 saturated heterocycles. The molecule has 1 amide bonds. The van der Waals surface area contributed by atoms with Crippen LogP contribution in [0.4, 0.5) is 0 Å². The predicted octanol–water partition coefficient (Wildman–Crippen LogP) is 0.707. The maximum absolute atomic E-state index is 11.3. The van der Waals surface area contributed by atoms with Crippen LogP contribution in [0, 0.1) is 25.7 Å². The molecule has 128 valence electrons. The number of hydrogen-bond donors (Lipinski definition) is 2. The Morgan fingerprint density at radius 3 is 2.61 bits per heavy atom. The van der Waals surface area contributed by atoms with Crippen LogP contribution in [0.15, 0.2) is 6.07 Å². The molecule has 2 aliphatic rings. The Morgan fingerprint density at radius 1 is 1.30 bits per heavy atom. The molecular weight excluding hydrogens is 292 g/mol. The Labute approximate surface area is 137 Å². The van der Waals surface area contributed by atoms with E-state index in [1.54, 1.807) is 0 Å². The van der Waals surface area contributed by atoms with Gasteiger partial charge in [0.05, 0.1) is 24.4 Å². The maximum Gasteiger partial charge on any atom is 0.217 e. The SMILES string of the molecule is CC(=O)N[C@@H]1C[C@@H]2CN(CCn3nc(C)cc3C)C[C@@H]2C[C@H]1O. The number of nitrogens with one attached hydrogen (secondary N) is 1. The van der Waals surface area contributed by atoms with Gasteiger partial charge in [0.1, 0.15) is 0 Å².